The summed E-state index contributed by atoms with van der Waals surface area (Å²) >= 11 is 0. The van der Waals surface area contributed by atoms with Crippen LogP contribution in [-0.2, 0) is 38.1 Å². The van der Waals surface area contributed by atoms with Crippen LogP contribution in [0.5, 0.6) is 0 Å². The van der Waals surface area contributed by atoms with E-state index >= 15 is 0 Å². The highest BCUT2D eigenvalue weighted by molar-refractivity contribution is 5.88. The second kappa shape index (κ2) is 9.12. The second-order valence-corrected chi connectivity index (χ2v) is 4.43. The van der Waals surface area contributed by atoms with Gasteiger partial charge in [-0.1, -0.05) is 0 Å². The molecule has 4 N–H and O–H groups in total. The molecule has 0 spiro atoms. The van der Waals surface area contributed by atoms with Gasteiger partial charge in [-0.25, -0.2) is 19.2 Å². The predicted molar refractivity (Wildman–Crippen MR) is 67.9 cm³/mol. The Morgan fingerprint density at radius 3 is 0.792 bits per heavy atom. The Balaban J connectivity index is 3.11. The first-order valence-corrected chi connectivity index (χ1v) is 6.63. The molecule has 1 saturated heterocycles. The summed E-state index contributed by atoms with van der Waals surface area (Å²) in [6.07, 6.45) is -7.55. The second-order valence-electron chi connectivity index (χ2n) is 4.43. The van der Waals surface area contributed by atoms with Crippen molar-refractivity contribution in [1.29, 1.82) is 0 Å². The van der Waals surface area contributed by atoms with Gasteiger partial charge < -0.3 is 39.4 Å². The minimum atomic E-state index is -1.89. The maximum atomic E-state index is 11.7. The molecule has 0 aromatic heterocycles. The number of esters is 4. The zero-order chi connectivity index (χ0) is 18.3. The fraction of sp³-hybridized carbons (Fsp3) is 0.667. The summed E-state index contributed by atoms with van der Waals surface area (Å²) in [6, 6.07) is 0. The number of carbonyl (C=O) groups is 4. The summed E-state index contributed by atoms with van der Waals surface area (Å²) in [6.45, 7) is -4.15. The van der Waals surface area contributed by atoms with Crippen LogP contribution in [0.3, 0.4) is 0 Å². The standard InChI is InChI=1S/C12H16O12/c13-1-5-9(17)22-7(3-15)11(19)24-8(4-16)12(20)23-6(2-14)10(18)21-5/h5-8,13-16H,1-4H2. The summed E-state index contributed by atoms with van der Waals surface area (Å²) in [5, 5.41) is 36.2. The van der Waals surface area contributed by atoms with Crippen LogP contribution in [0.4, 0.5) is 0 Å². The molecular weight excluding hydrogens is 336 g/mol. The third-order valence-electron chi connectivity index (χ3n) is 2.75. The van der Waals surface area contributed by atoms with Gasteiger partial charge in [0.15, 0.2) is 0 Å². The molecule has 12 nitrogen and oxygen atoms in total. The molecule has 1 aliphatic heterocycles. The van der Waals surface area contributed by atoms with E-state index in [1.54, 1.807) is 0 Å². The molecule has 0 bridgehead atoms. The van der Waals surface area contributed by atoms with Gasteiger partial charge in [0, 0.05) is 0 Å². The number of cyclic esters (lactones) is 4. The molecule has 12 heteroatoms. The summed E-state index contributed by atoms with van der Waals surface area (Å²) in [4.78, 5) is 46.9. The number of aliphatic hydroxyl groups excluding tert-OH is 4. The largest absolute Gasteiger partial charge is 0.445 e. The molecule has 136 valence electrons. The number of aliphatic hydroxyl groups is 4. The fourth-order valence-electron chi connectivity index (χ4n) is 1.50. The van der Waals surface area contributed by atoms with E-state index in [0.717, 1.165) is 0 Å². The summed E-state index contributed by atoms with van der Waals surface area (Å²) < 4.78 is 18.1. The maximum absolute atomic E-state index is 11.7. The monoisotopic (exact) mass is 352 g/mol. The van der Waals surface area contributed by atoms with Crippen molar-refractivity contribution in [1.82, 2.24) is 0 Å². The average molecular weight is 352 g/mol. The van der Waals surface area contributed by atoms with E-state index in [-0.39, 0.29) is 0 Å². The van der Waals surface area contributed by atoms with Crippen LogP contribution < -0.4 is 0 Å². The van der Waals surface area contributed by atoms with Gasteiger partial charge >= 0.3 is 23.9 Å². The van der Waals surface area contributed by atoms with Crippen molar-refractivity contribution in [3.63, 3.8) is 0 Å². The molecule has 4 unspecified atom stereocenters. The summed E-state index contributed by atoms with van der Waals surface area (Å²) in [5.41, 5.74) is 0. The Morgan fingerprint density at radius 2 is 0.667 bits per heavy atom. The average Bonchev–Trinajstić information content (AvgIpc) is 2.57. The van der Waals surface area contributed by atoms with E-state index in [1.807, 2.05) is 0 Å². The molecule has 0 aliphatic carbocycles. The highest BCUT2D eigenvalue weighted by Crippen LogP contribution is 2.10. The smallest absolute Gasteiger partial charge is 0.350 e. The minimum absolute atomic E-state index is 1.04. The van der Waals surface area contributed by atoms with Crippen molar-refractivity contribution in [2.24, 2.45) is 0 Å². The van der Waals surface area contributed by atoms with E-state index in [1.165, 1.54) is 0 Å². The van der Waals surface area contributed by atoms with Crippen LogP contribution >= 0.6 is 0 Å². The van der Waals surface area contributed by atoms with Gasteiger partial charge in [0.25, 0.3) is 0 Å². The van der Waals surface area contributed by atoms with Crippen molar-refractivity contribution in [3.05, 3.63) is 0 Å². The number of hydrogen-bond acceptors (Lipinski definition) is 12. The Bertz CT molecular complexity index is 400. The normalized spacial score (nSPS) is 29.5. The van der Waals surface area contributed by atoms with Crippen LogP contribution in [0, 0.1) is 0 Å². The minimum Gasteiger partial charge on any atom is -0.445 e. The zero-order valence-corrected chi connectivity index (χ0v) is 12.2. The van der Waals surface area contributed by atoms with Crippen molar-refractivity contribution in [3.8, 4) is 0 Å². The Labute approximate surface area is 134 Å². The first-order chi connectivity index (χ1) is 11.4. The lowest BCUT2D eigenvalue weighted by Gasteiger charge is -2.24. The summed E-state index contributed by atoms with van der Waals surface area (Å²) in [7, 11) is 0. The Morgan fingerprint density at radius 1 is 0.500 bits per heavy atom. The first-order valence-electron chi connectivity index (χ1n) is 6.63. The van der Waals surface area contributed by atoms with Gasteiger partial charge in [-0.15, -0.1) is 0 Å². The molecular formula is C12H16O12. The van der Waals surface area contributed by atoms with Crippen LogP contribution in [-0.4, -0.2) is 95.1 Å². The summed E-state index contributed by atoms with van der Waals surface area (Å²) in [5.74, 6) is -5.53. The van der Waals surface area contributed by atoms with Gasteiger partial charge in [0.05, 0.1) is 26.4 Å². The van der Waals surface area contributed by atoms with Crippen LogP contribution in [0.1, 0.15) is 0 Å². The number of ether oxygens (including phenoxy) is 4. The lowest BCUT2D eigenvalue weighted by molar-refractivity contribution is -0.200. The maximum Gasteiger partial charge on any atom is 0.350 e. The Kier molecular flexibility index (Phi) is 7.51. The van der Waals surface area contributed by atoms with E-state index in [4.69, 9.17) is 20.4 Å². The third-order valence-corrected chi connectivity index (χ3v) is 2.75. The molecule has 1 rings (SSSR count). The number of carbonyl (C=O) groups excluding carboxylic acids is 4. The van der Waals surface area contributed by atoms with E-state index in [9.17, 15) is 19.2 Å². The molecule has 1 heterocycles. The van der Waals surface area contributed by atoms with Crippen LogP contribution in [0.2, 0.25) is 0 Å². The topological polar surface area (TPSA) is 186 Å². The lowest BCUT2D eigenvalue weighted by Crippen LogP contribution is -2.47. The van der Waals surface area contributed by atoms with Gasteiger partial charge in [0.2, 0.25) is 24.4 Å². The molecule has 1 fully saturated rings. The van der Waals surface area contributed by atoms with Crippen molar-refractivity contribution >= 4 is 23.9 Å². The van der Waals surface area contributed by atoms with E-state index in [2.05, 4.69) is 18.9 Å². The van der Waals surface area contributed by atoms with Crippen molar-refractivity contribution in [2.75, 3.05) is 26.4 Å². The highest BCUT2D eigenvalue weighted by Gasteiger charge is 2.38. The van der Waals surface area contributed by atoms with Gasteiger partial charge in [-0.3, -0.25) is 0 Å². The number of rotatable bonds is 4. The molecule has 0 aromatic carbocycles. The first kappa shape index (κ1) is 19.8. The molecule has 1 aliphatic rings. The predicted octanol–water partition coefficient (Wildman–Crippen LogP) is -4.38. The Hall–Kier alpha value is -2.28. The zero-order valence-electron chi connectivity index (χ0n) is 12.2. The fourth-order valence-corrected chi connectivity index (χ4v) is 1.50. The van der Waals surface area contributed by atoms with Crippen molar-refractivity contribution in [2.45, 2.75) is 24.4 Å². The van der Waals surface area contributed by atoms with Crippen LogP contribution in [0.25, 0.3) is 0 Å². The van der Waals surface area contributed by atoms with Crippen molar-refractivity contribution < 1.29 is 58.6 Å². The van der Waals surface area contributed by atoms with E-state index < -0.39 is 74.7 Å². The molecule has 0 amide bonds. The molecule has 0 saturated carbocycles. The quantitative estimate of drug-likeness (QED) is 0.281. The van der Waals surface area contributed by atoms with Crippen LogP contribution in [0.15, 0.2) is 0 Å². The SMILES string of the molecule is O=C1OC(CO)C(=O)OC(CO)C(=O)OC(CO)C(=O)OC1CO. The van der Waals surface area contributed by atoms with Gasteiger partial charge in [0.1, 0.15) is 0 Å². The van der Waals surface area contributed by atoms with Gasteiger partial charge in [-0.2, -0.15) is 0 Å². The van der Waals surface area contributed by atoms with E-state index in [0.29, 0.717) is 0 Å². The highest BCUT2D eigenvalue weighted by atomic mass is 16.7. The lowest BCUT2D eigenvalue weighted by atomic mass is 10.3. The third kappa shape index (κ3) is 4.86. The molecule has 24 heavy (non-hydrogen) atoms. The number of hydrogen-bond donors (Lipinski definition) is 4. The van der Waals surface area contributed by atoms with Gasteiger partial charge in [-0.05, 0) is 0 Å². The molecule has 0 radical (unpaired) electrons. The molecule has 4 atom stereocenters. The molecule has 0 aromatic rings.